The Morgan fingerprint density at radius 1 is 1.04 bits per heavy atom. The maximum Gasteiger partial charge on any atom is 0.249 e. The number of ether oxygens (including phenoxy) is 1. The number of amides is 2. The smallest absolute Gasteiger partial charge is 0.249 e. The summed E-state index contributed by atoms with van der Waals surface area (Å²) in [6, 6.07) is -0.127. The van der Waals surface area contributed by atoms with Gasteiger partial charge in [-0.15, -0.1) is 0 Å². The minimum Gasteiger partial charge on any atom is -0.378 e. The van der Waals surface area contributed by atoms with Gasteiger partial charge in [0.15, 0.2) is 0 Å². The fraction of sp³-hybridized carbons (Fsp3) is 0.765. The highest BCUT2D eigenvalue weighted by atomic mass is 16.5. The molecule has 1 atom stereocenters. The van der Waals surface area contributed by atoms with Crippen molar-refractivity contribution < 1.29 is 14.3 Å². The van der Waals surface area contributed by atoms with Gasteiger partial charge in [-0.25, -0.2) is 0 Å². The average molecular weight is 323 g/mol. The molecule has 2 heterocycles. The van der Waals surface area contributed by atoms with E-state index in [0.717, 1.165) is 25.1 Å². The number of piperazine rings is 1. The van der Waals surface area contributed by atoms with Gasteiger partial charge in [0.1, 0.15) is 0 Å². The van der Waals surface area contributed by atoms with Crippen LogP contribution >= 0.6 is 0 Å². The second-order valence-corrected chi connectivity index (χ2v) is 6.24. The molecule has 2 rings (SSSR count). The van der Waals surface area contributed by atoms with E-state index in [1.54, 1.807) is 0 Å². The Balaban J connectivity index is 1.84. The first-order chi connectivity index (χ1) is 11.0. The van der Waals surface area contributed by atoms with Gasteiger partial charge in [-0.1, -0.05) is 13.0 Å². The van der Waals surface area contributed by atoms with Crippen LogP contribution in [0.1, 0.15) is 27.2 Å². The number of allylic oxidation sites excluding steroid dienone is 1. The van der Waals surface area contributed by atoms with Crippen molar-refractivity contribution in [2.45, 2.75) is 33.2 Å². The third kappa shape index (κ3) is 4.54. The number of carbonyl (C=O) groups is 2. The highest BCUT2D eigenvalue weighted by Crippen LogP contribution is 2.12. The molecule has 2 amide bonds. The quantitative estimate of drug-likeness (QED) is 0.716. The minimum absolute atomic E-state index is 0.124. The van der Waals surface area contributed by atoms with Crippen LogP contribution in [0.25, 0.3) is 0 Å². The average Bonchev–Trinajstić information content (AvgIpc) is 2.61. The van der Waals surface area contributed by atoms with Gasteiger partial charge >= 0.3 is 0 Å². The van der Waals surface area contributed by atoms with Gasteiger partial charge in [-0.05, 0) is 20.3 Å². The molecule has 0 bridgehead atoms. The summed E-state index contributed by atoms with van der Waals surface area (Å²) in [5.74, 6) is 0.300. The molecule has 1 unspecified atom stereocenters. The molecule has 0 saturated carbocycles. The highest BCUT2D eigenvalue weighted by molar-refractivity contribution is 5.92. The first kappa shape index (κ1) is 17.9. The lowest BCUT2D eigenvalue weighted by atomic mass is 10.1. The van der Waals surface area contributed by atoms with Crippen molar-refractivity contribution >= 4 is 11.8 Å². The fourth-order valence-electron chi connectivity index (χ4n) is 3.16. The maximum atomic E-state index is 12.5. The van der Waals surface area contributed by atoms with Crippen molar-refractivity contribution in [2.24, 2.45) is 0 Å². The molecule has 0 N–H and O–H groups in total. The van der Waals surface area contributed by atoms with Crippen LogP contribution in [0.2, 0.25) is 0 Å². The SMILES string of the molecule is CC/C=C(\C)C(=O)N1CCN(C(C)C(=O)N2CCOCC2)CC1. The standard InChI is InChI=1S/C17H29N3O3/c1-4-5-14(2)16(21)19-8-6-18(7-9-19)15(3)17(22)20-10-12-23-13-11-20/h5,15H,4,6-13H2,1-3H3/b14-5+. The Bertz CT molecular complexity index is 450. The summed E-state index contributed by atoms with van der Waals surface area (Å²) < 4.78 is 5.30. The Morgan fingerprint density at radius 2 is 1.65 bits per heavy atom. The number of hydrogen-bond donors (Lipinski definition) is 0. The Kier molecular flexibility index (Phi) is 6.59. The van der Waals surface area contributed by atoms with Crippen molar-refractivity contribution in [3.8, 4) is 0 Å². The lowest BCUT2D eigenvalue weighted by molar-refractivity contribution is -0.141. The molecule has 0 aromatic rings. The van der Waals surface area contributed by atoms with E-state index in [2.05, 4.69) is 4.90 Å². The Labute approximate surface area is 139 Å². The van der Waals surface area contributed by atoms with Crippen molar-refractivity contribution in [1.29, 1.82) is 0 Å². The predicted octanol–water partition coefficient (Wildman–Crippen LogP) is 0.734. The summed E-state index contributed by atoms with van der Waals surface area (Å²) in [6.45, 7) is 11.4. The van der Waals surface area contributed by atoms with Crippen LogP contribution in [0.15, 0.2) is 11.6 Å². The second-order valence-electron chi connectivity index (χ2n) is 6.24. The van der Waals surface area contributed by atoms with Crippen LogP contribution in [0.3, 0.4) is 0 Å². The largest absolute Gasteiger partial charge is 0.378 e. The van der Waals surface area contributed by atoms with Gasteiger partial charge in [0.25, 0.3) is 0 Å². The van der Waals surface area contributed by atoms with Crippen molar-refractivity contribution in [3.05, 3.63) is 11.6 Å². The van der Waals surface area contributed by atoms with Crippen LogP contribution in [0.5, 0.6) is 0 Å². The van der Waals surface area contributed by atoms with Gasteiger partial charge in [-0.3, -0.25) is 14.5 Å². The van der Waals surface area contributed by atoms with Crippen LogP contribution in [-0.2, 0) is 14.3 Å². The van der Waals surface area contributed by atoms with Crippen molar-refractivity contribution in [3.63, 3.8) is 0 Å². The van der Waals surface area contributed by atoms with E-state index in [0.29, 0.717) is 39.4 Å². The predicted molar refractivity (Wildman–Crippen MR) is 89.1 cm³/mol. The maximum absolute atomic E-state index is 12.5. The van der Waals surface area contributed by atoms with E-state index in [-0.39, 0.29) is 17.9 Å². The molecule has 6 heteroatoms. The zero-order valence-corrected chi connectivity index (χ0v) is 14.6. The zero-order chi connectivity index (χ0) is 16.8. The van der Waals surface area contributed by atoms with Gasteiger partial charge in [0.2, 0.25) is 11.8 Å². The molecule has 0 spiro atoms. The van der Waals surface area contributed by atoms with Crippen LogP contribution in [-0.4, -0.2) is 85.0 Å². The van der Waals surface area contributed by atoms with Crippen LogP contribution in [0.4, 0.5) is 0 Å². The third-order valence-corrected chi connectivity index (χ3v) is 4.68. The van der Waals surface area contributed by atoms with Gasteiger partial charge < -0.3 is 14.5 Å². The fourth-order valence-corrected chi connectivity index (χ4v) is 3.16. The zero-order valence-electron chi connectivity index (χ0n) is 14.6. The first-order valence-corrected chi connectivity index (χ1v) is 8.61. The highest BCUT2D eigenvalue weighted by Gasteiger charge is 2.30. The monoisotopic (exact) mass is 323 g/mol. The molecule has 2 aliphatic rings. The summed E-state index contributed by atoms with van der Waals surface area (Å²) in [4.78, 5) is 30.8. The Hall–Kier alpha value is -1.40. The number of rotatable bonds is 4. The lowest BCUT2D eigenvalue weighted by Crippen LogP contribution is -2.56. The summed E-state index contributed by atoms with van der Waals surface area (Å²) in [5.41, 5.74) is 0.818. The molecule has 0 aromatic carbocycles. The van der Waals surface area contributed by atoms with Crippen molar-refractivity contribution in [2.75, 3.05) is 52.5 Å². The summed E-state index contributed by atoms with van der Waals surface area (Å²) in [6.07, 6.45) is 2.85. The number of morpholine rings is 1. The molecule has 0 aromatic heterocycles. The van der Waals surface area contributed by atoms with Gasteiger partial charge in [0.05, 0.1) is 19.3 Å². The third-order valence-electron chi connectivity index (χ3n) is 4.68. The van der Waals surface area contributed by atoms with E-state index in [1.165, 1.54) is 0 Å². The molecule has 6 nitrogen and oxygen atoms in total. The van der Waals surface area contributed by atoms with E-state index < -0.39 is 0 Å². The number of hydrogen-bond acceptors (Lipinski definition) is 4. The topological polar surface area (TPSA) is 53.1 Å². The van der Waals surface area contributed by atoms with E-state index in [1.807, 2.05) is 36.6 Å². The number of carbonyl (C=O) groups excluding carboxylic acids is 2. The van der Waals surface area contributed by atoms with E-state index in [4.69, 9.17) is 4.74 Å². The summed E-state index contributed by atoms with van der Waals surface area (Å²) >= 11 is 0. The van der Waals surface area contributed by atoms with E-state index >= 15 is 0 Å². The minimum atomic E-state index is -0.127. The van der Waals surface area contributed by atoms with Crippen molar-refractivity contribution in [1.82, 2.24) is 14.7 Å². The van der Waals surface area contributed by atoms with Gasteiger partial charge in [0, 0.05) is 44.8 Å². The molecule has 0 aliphatic carbocycles. The molecule has 2 fully saturated rings. The van der Waals surface area contributed by atoms with E-state index in [9.17, 15) is 9.59 Å². The van der Waals surface area contributed by atoms with Crippen LogP contribution < -0.4 is 0 Å². The summed E-state index contributed by atoms with van der Waals surface area (Å²) in [7, 11) is 0. The molecule has 23 heavy (non-hydrogen) atoms. The lowest BCUT2D eigenvalue weighted by Gasteiger charge is -2.39. The molecule has 130 valence electrons. The second kappa shape index (κ2) is 8.45. The molecule has 2 saturated heterocycles. The molecule has 2 aliphatic heterocycles. The normalized spacial score (nSPS) is 22.1. The van der Waals surface area contributed by atoms with Gasteiger partial charge in [-0.2, -0.15) is 0 Å². The molecule has 0 radical (unpaired) electrons. The molecular formula is C17H29N3O3. The Morgan fingerprint density at radius 3 is 2.22 bits per heavy atom. The number of nitrogens with zero attached hydrogens (tertiary/aromatic N) is 3. The van der Waals surface area contributed by atoms with Crippen LogP contribution in [0, 0.1) is 0 Å². The molecular weight excluding hydrogens is 294 g/mol. The summed E-state index contributed by atoms with van der Waals surface area (Å²) in [5, 5.41) is 0. The first-order valence-electron chi connectivity index (χ1n) is 8.61.